The molecule has 0 aromatic heterocycles. The molecule has 0 aliphatic rings. The Bertz CT molecular complexity index is 258. The molecule has 0 aromatic rings. The van der Waals surface area contributed by atoms with Gasteiger partial charge in [0, 0.05) is 6.54 Å². The van der Waals surface area contributed by atoms with Gasteiger partial charge in [0.25, 0.3) is 0 Å². The van der Waals surface area contributed by atoms with Crippen molar-refractivity contribution < 1.29 is 4.79 Å². The van der Waals surface area contributed by atoms with Crippen molar-refractivity contribution >= 4 is 5.91 Å². The molecular weight excluding hydrogens is 240 g/mol. The Morgan fingerprint density at radius 2 is 1.84 bits per heavy atom. The van der Waals surface area contributed by atoms with Crippen LogP contribution in [0.3, 0.4) is 0 Å². The number of hydrogen-bond donors (Lipinski definition) is 2. The van der Waals surface area contributed by atoms with E-state index in [9.17, 15) is 4.79 Å². The van der Waals surface area contributed by atoms with E-state index in [0.717, 1.165) is 45.6 Å². The maximum atomic E-state index is 11.5. The molecule has 0 saturated carbocycles. The number of carbonyl (C=O) groups is 1. The minimum Gasteiger partial charge on any atom is -0.368 e. The van der Waals surface area contributed by atoms with Crippen molar-refractivity contribution in [2.45, 2.75) is 39.2 Å². The molecule has 0 spiro atoms. The maximum Gasteiger partial charge on any atom is 0.237 e. The molecule has 0 aliphatic carbocycles. The van der Waals surface area contributed by atoms with Gasteiger partial charge in [-0.2, -0.15) is 0 Å². The predicted molar refractivity (Wildman–Crippen MR) is 81.2 cm³/mol. The summed E-state index contributed by atoms with van der Waals surface area (Å²) in [5, 5.41) is 3.20. The second-order valence-electron chi connectivity index (χ2n) is 5.57. The summed E-state index contributed by atoms with van der Waals surface area (Å²) >= 11 is 0. The van der Waals surface area contributed by atoms with E-state index in [1.54, 1.807) is 0 Å². The van der Waals surface area contributed by atoms with Gasteiger partial charge >= 0.3 is 0 Å². The highest BCUT2D eigenvalue weighted by atomic mass is 16.1. The van der Waals surface area contributed by atoms with Crippen LogP contribution in [0.5, 0.6) is 0 Å². The zero-order valence-corrected chi connectivity index (χ0v) is 13.3. The molecule has 5 nitrogen and oxygen atoms in total. The third-order valence-corrected chi connectivity index (χ3v) is 3.57. The molecule has 1 unspecified atom stereocenters. The van der Waals surface area contributed by atoms with Crippen LogP contribution in [0, 0.1) is 0 Å². The van der Waals surface area contributed by atoms with Crippen LogP contribution < -0.4 is 11.1 Å². The zero-order valence-electron chi connectivity index (χ0n) is 13.3. The van der Waals surface area contributed by atoms with Crippen LogP contribution in [0.4, 0.5) is 0 Å². The average molecular weight is 272 g/mol. The molecule has 1 atom stereocenters. The molecule has 0 saturated heterocycles. The van der Waals surface area contributed by atoms with Crippen molar-refractivity contribution in [3.8, 4) is 0 Å². The van der Waals surface area contributed by atoms with E-state index in [4.69, 9.17) is 5.73 Å². The summed E-state index contributed by atoms with van der Waals surface area (Å²) in [6.07, 6.45) is 1.90. The highest BCUT2D eigenvalue weighted by Gasteiger charge is 2.29. The summed E-state index contributed by atoms with van der Waals surface area (Å²) in [6, 6.07) is 0. The number of nitrogens with zero attached hydrogens (tertiary/aromatic N) is 2. The molecule has 1 amide bonds. The van der Waals surface area contributed by atoms with E-state index in [2.05, 4.69) is 36.1 Å². The molecule has 0 aliphatic heterocycles. The predicted octanol–water partition coefficient (Wildman–Crippen LogP) is 0.504. The summed E-state index contributed by atoms with van der Waals surface area (Å²) in [6.45, 7) is 10.9. The SMILES string of the molecule is CCNC(C)(CCN(CC)CCCN(C)C)C(N)=O. The smallest absolute Gasteiger partial charge is 0.237 e. The van der Waals surface area contributed by atoms with Gasteiger partial charge in [-0.3, -0.25) is 4.79 Å². The Kier molecular flexibility index (Phi) is 8.97. The summed E-state index contributed by atoms with van der Waals surface area (Å²) < 4.78 is 0. The number of primary amides is 1. The van der Waals surface area contributed by atoms with E-state index in [-0.39, 0.29) is 5.91 Å². The second kappa shape index (κ2) is 9.28. The number of amides is 1. The average Bonchev–Trinajstić information content (AvgIpc) is 2.33. The topological polar surface area (TPSA) is 61.6 Å². The van der Waals surface area contributed by atoms with Gasteiger partial charge in [-0.15, -0.1) is 0 Å². The highest BCUT2D eigenvalue weighted by molar-refractivity contribution is 5.84. The number of rotatable bonds is 11. The Hall–Kier alpha value is -0.650. The zero-order chi connectivity index (χ0) is 14.9. The first-order valence-electron chi connectivity index (χ1n) is 7.27. The van der Waals surface area contributed by atoms with Crippen LogP contribution in [0.1, 0.15) is 33.6 Å². The molecule has 0 radical (unpaired) electrons. The van der Waals surface area contributed by atoms with Gasteiger partial charge < -0.3 is 20.9 Å². The lowest BCUT2D eigenvalue weighted by molar-refractivity contribution is -0.124. The van der Waals surface area contributed by atoms with Gasteiger partial charge in [-0.25, -0.2) is 0 Å². The lowest BCUT2D eigenvalue weighted by Gasteiger charge is -2.30. The fourth-order valence-corrected chi connectivity index (χ4v) is 2.11. The minimum absolute atomic E-state index is 0.265. The van der Waals surface area contributed by atoms with Gasteiger partial charge in [-0.05, 0) is 60.0 Å². The normalized spacial score (nSPS) is 14.9. The Morgan fingerprint density at radius 3 is 2.26 bits per heavy atom. The number of hydrogen-bond acceptors (Lipinski definition) is 4. The Labute approximate surface area is 118 Å². The number of carbonyl (C=O) groups excluding carboxylic acids is 1. The minimum atomic E-state index is -0.594. The summed E-state index contributed by atoms with van der Waals surface area (Å²) in [7, 11) is 4.18. The second-order valence-corrected chi connectivity index (χ2v) is 5.57. The van der Waals surface area contributed by atoms with Gasteiger partial charge in [0.15, 0.2) is 0 Å². The summed E-state index contributed by atoms with van der Waals surface area (Å²) in [4.78, 5) is 16.1. The van der Waals surface area contributed by atoms with Gasteiger partial charge in [-0.1, -0.05) is 13.8 Å². The van der Waals surface area contributed by atoms with Crippen molar-refractivity contribution in [1.29, 1.82) is 0 Å². The van der Waals surface area contributed by atoms with Crippen LogP contribution >= 0.6 is 0 Å². The maximum absolute atomic E-state index is 11.5. The van der Waals surface area contributed by atoms with Crippen LogP contribution in [-0.2, 0) is 4.79 Å². The molecule has 5 heteroatoms. The van der Waals surface area contributed by atoms with Crippen molar-refractivity contribution in [1.82, 2.24) is 15.1 Å². The molecule has 114 valence electrons. The lowest BCUT2D eigenvalue weighted by atomic mass is 9.96. The first-order chi connectivity index (χ1) is 8.85. The fourth-order valence-electron chi connectivity index (χ4n) is 2.11. The van der Waals surface area contributed by atoms with Gasteiger partial charge in [0.2, 0.25) is 5.91 Å². The van der Waals surface area contributed by atoms with Crippen LogP contribution in [0.2, 0.25) is 0 Å². The van der Waals surface area contributed by atoms with Crippen molar-refractivity contribution in [3.05, 3.63) is 0 Å². The first-order valence-corrected chi connectivity index (χ1v) is 7.27. The Balaban J connectivity index is 4.19. The van der Waals surface area contributed by atoms with Crippen molar-refractivity contribution in [2.75, 3.05) is 46.8 Å². The first kappa shape index (κ1) is 18.4. The number of likely N-dealkylation sites (N-methyl/N-ethyl adjacent to an activating group) is 1. The fraction of sp³-hybridized carbons (Fsp3) is 0.929. The molecular formula is C14H32N4O. The van der Waals surface area contributed by atoms with Crippen LogP contribution in [0.15, 0.2) is 0 Å². The van der Waals surface area contributed by atoms with E-state index >= 15 is 0 Å². The number of nitrogens with two attached hydrogens (primary N) is 1. The van der Waals surface area contributed by atoms with Gasteiger partial charge in [0.05, 0.1) is 5.54 Å². The summed E-state index contributed by atoms with van der Waals surface area (Å²) in [5.41, 5.74) is 4.90. The standard InChI is InChI=1S/C14H32N4O/c1-6-16-14(3,13(15)19)9-12-18(7-2)11-8-10-17(4)5/h16H,6-12H2,1-5H3,(H2,15,19). The van der Waals surface area contributed by atoms with Crippen LogP contribution in [-0.4, -0.2) is 68.1 Å². The molecule has 19 heavy (non-hydrogen) atoms. The van der Waals surface area contributed by atoms with E-state index in [1.807, 2.05) is 13.8 Å². The molecule has 0 rings (SSSR count). The summed E-state index contributed by atoms with van der Waals surface area (Å²) in [5.74, 6) is -0.265. The molecule has 0 fully saturated rings. The quantitative estimate of drug-likeness (QED) is 0.575. The van der Waals surface area contributed by atoms with Crippen LogP contribution in [0.25, 0.3) is 0 Å². The van der Waals surface area contributed by atoms with E-state index < -0.39 is 5.54 Å². The third-order valence-electron chi connectivity index (χ3n) is 3.57. The molecule has 0 heterocycles. The molecule has 0 aromatic carbocycles. The largest absolute Gasteiger partial charge is 0.368 e. The van der Waals surface area contributed by atoms with Crippen molar-refractivity contribution in [3.63, 3.8) is 0 Å². The van der Waals surface area contributed by atoms with Gasteiger partial charge in [0.1, 0.15) is 0 Å². The Morgan fingerprint density at radius 1 is 1.21 bits per heavy atom. The molecule has 0 bridgehead atoms. The van der Waals surface area contributed by atoms with E-state index in [1.165, 1.54) is 0 Å². The molecule has 3 N–H and O–H groups in total. The lowest BCUT2D eigenvalue weighted by Crippen LogP contribution is -2.54. The highest BCUT2D eigenvalue weighted by Crippen LogP contribution is 2.10. The monoisotopic (exact) mass is 272 g/mol. The number of nitrogens with one attached hydrogen (secondary N) is 1. The van der Waals surface area contributed by atoms with Crippen molar-refractivity contribution in [2.24, 2.45) is 5.73 Å². The van der Waals surface area contributed by atoms with E-state index in [0.29, 0.717) is 0 Å². The third kappa shape index (κ3) is 7.50.